The van der Waals surface area contributed by atoms with Gasteiger partial charge in [0.25, 0.3) is 11.7 Å². The molecule has 1 amide bonds. The van der Waals surface area contributed by atoms with Crippen LogP contribution < -0.4 is 14.4 Å². The largest absolute Gasteiger partial charge is 0.507 e. The molecule has 0 bridgehead atoms. The van der Waals surface area contributed by atoms with E-state index in [4.69, 9.17) is 9.47 Å². The maximum Gasteiger partial charge on any atom is 0.300 e. The number of benzene rings is 3. The summed E-state index contributed by atoms with van der Waals surface area (Å²) in [6.07, 6.45) is 1.91. The van der Waals surface area contributed by atoms with Crippen LogP contribution in [0.1, 0.15) is 17.2 Å². The minimum Gasteiger partial charge on any atom is -0.507 e. The van der Waals surface area contributed by atoms with Crippen LogP contribution in [0.15, 0.2) is 84.6 Å². The van der Waals surface area contributed by atoms with E-state index in [0.29, 0.717) is 36.0 Å². The number of carbonyl (C=O) groups is 2. The Labute approximate surface area is 201 Å². The van der Waals surface area contributed by atoms with Crippen molar-refractivity contribution in [2.24, 2.45) is 7.05 Å². The summed E-state index contributed by atoms with van der Waals surface area (Å²) >= 11 is 0. The van der Waals surface area contributed by atoms with Crippen molar-refractivity contribution in [3.05, 3.63) is 95.7 Å². The van der Waals surface area contributed by atoms with Crippen LogP contribution in [-0.4, -0.2) is 34.6 Å². The van der Waals surface area contributed by atoms with Gasteiger partial charge in [-0.25, -0.2) is 0 Å². The highest BCUT2D eigenvalue weighted by molar-refractivity contribution is 6.51. The molecule has 174 valence electrons. The summed E-state index contributed by atoms with van der Waals surface area (Å²) in [4.78, 5) is 28.3. The minimum atomic E-state index is -0.809. The van der Waals surface area contributed by atoms with Crippen LogP contribution >= 0.6 is 0 Å². The summed E-state index contributed by atoms with van der Waals surface area (Å²) in [6, 6.07) is 21.0. The smallest absolute Gasteiger partial charge is 0.300 e. The van der Waals surface area contributed by atoms with Crippen LogP contribution in [0.2, 0.25) is 0 Å². The quantitative estimate of drug-likeness (QED) is 0.272. The summed E-state index contributed by atoms with van der Waals surface area (Å²) in [5, 5.41) is 12.4. The molecule has 1 N–H and O–H groups in total. The van der Waals surface area contributed by atoms with Gasteiger partial charge in [0, 0.05) is 41.0 Å². The molecular weight excluding hydrogens is 444 g/mol. The first-order chi connectivity index (χ1) is 17.0. The zero-order valence-corrected chi connectivity index (χ0v) is 19.0. The lowest BCUT2D eigenvalue weighted by Gasteiger charge is -2.25. The predicted molar refractivity (Wildman–Crippen MR) is 132 cm³/mol. The Balaban J connectivity index is 1.60. The second-order valence-electron chi connectivity index (χ2n) is 8.58. The van der Waals surface area contributed by atoms with Gasteiger partial charge in [-0.1, -0.05) is 36.4 Å². The van der Waals surface area contributed by atoms with Crippen molar-refractivity contribution in [3.8, 4) is 11.5 Å². The third kappa shape index (κ3) is 3.27. The molecule has 1 aromatic heterocycles. The van der Waals surface area contributed by atoms with E-state index in [1.165, 1.54) is 4.90 Å². The van der Waals surface area contributed by atoms with Gasteiger partial charge in [-0.15, -0.1) is 0 Å². The van der Waals surface area contributed by atoms with Gasteiger partial charge < -0.3 is 19.1 Å². The summed E-state index contributed by atoms with van der Waals surface area (Å²) in [6.45, 7) is 0.840. The summed E-state index contributed by atoms with van der Waals surface area (Å²) < 4.78 is 13.2. The monoisotopic (exact) mass is 466 g/mol. The van der Waals surface area contributed by atoms with Gasteiger partial charge in [0.05, 0.1) is 11.6 Å². The lowest BCUT2D eigenvalue weighted by atomic mass is 9.94. The highest BCUT2D eigenvalue weighted by Gasteiger charge is 2.47. The minimum absolute atomic E-state index is 0.0342. The summed E-state index contributed by atoms with van der Waals surface area (Å²) in [5.41, 5.74) is 2.71. The average molecular weight is 466 g/mol. The fourth-order valence-electron chi connectivity index (χ4n) is 4.92. The van der Waals surface area contributed by atoms with Gasteiger partial charge in [0.1, 0.15) is 19.0 Å². The molecule has 3 aromatic carbocycles. The fourth-order valence-corrected chi connectivity index (χ4v) is 4.92. The molecule has 7 nitrogen and oxygen atoms in total. The van der Waals surface area contributed by atoms with E-state index >= 15 is 0 Å². The SMILES string of the molecule is Cn1cc(C2/C(=C(\O)c3ccc4c(c3)OCCO4)C(=O)C(=O)N2c2ccccc2)c2ccccc21. The standard InChI is InChI=1S/C28H22N2O5/c1-29-16-20(19-9-5-6-10-21(19)29)25-24(27(32)28(33)30(25)18-7-3-2-4-8-18)26(31)17-11-12-22-23(15-17)35-14-13-34-22/h2-12,15-16,25,31H,13-14H2,1H3/b26-24+. The van der Waals surface area contributed by atoms with E-state index in [-0.39, 0.29) is 11.3 Å². The number of amides is 1. The van der Waals surface area contributed by atoms with Crippen LogP contribution in [0.5, 0.6) is 11.5 Å². The van der Waals surface area contributed by atoms with E-state index in [0.717, 1.165) is 16.5 Å². The predicted octanol–water partition coefficient (Wildman–Crippen LogP) is 4.58. The van der Waals surface area contributed by atoms with Crippen molar-refractivity contribution in [1.29, 1.82) is 0 Å². The number of hydrogen-bond acceptors (Lipinski definition) is 5. The van der Waals surface area contributed by atoms with Crippen LogP contribution in [0.25, 0.3) is 16.7 Å². The lowest BCUT2D eigenvalue weighted by molar-refractivity contribution is -0.132. The molecular formula is C28H22N2O5. The molecule has 0 spiro atoms. The molecule has 4 aromatic rings. The topological polar surface area (TPSA) is 81.0 Å². The first-order valence-corrected chi connectivity index (χ1v) is 11.3. The number of hydrogen-bond donors (Lipinski definition) is 1. The average Bonchev–Trinajstić information content (AvgIpc) is 3.37. The molecule has 6 rings (SSSR count). The summed E-state index contributed by atoms with van der Waals surface area (Å²) in [5.74, 6) is -0.619. The number of ether oxygens (including phenoxy) is 2. The molecule has 3 heterocycles. The molecule has 7 heteroatoms. The number of nitrogens with zero attached hydrogens (tertiary/aromatic N) is 2. The number of para-hydroxylation sites is 2. The number of aliphatic hydroxyl groups excluding tert-OH is 1. The molecule has 0 aliphatic carbocycles. The van der Waals surface area contributed by atoms with Crippen LogP contribution in [0.4, 0.5) is 5.69 Å². The number of anilines is 1. The van der Waals surface area contributed by atoms with Crippen molar-refractivity contribution in [3.63, 3.8) is 0 Å². The Morgan fingerprint density at radius 2 is 1.63 bits per heavy atom. The third-order valence-electron chi connectivity index (χ3n) is 6.52. The first-order valence-electron chi connectivity index (χ1n) is 11.3. The summed E-state index contributed by atoms with van der Waals surface area (Å²) in [7, 11) is 1.92. The van der Waals surface area contributed by atoms with Gasteiger partial charge in [-0.2, -0.15) is 0 Å². The second-order valence-corrected chi connectivity index (χ2v) is 8.58. The van der Waals surface area contributed by atoms with E-state index in [1.807, 2.05) is 60.3 Å². The number of rotatable bonds is 3. The van der Waals surface area contributed by atoms with E-state index in [9.17, 15) is 14.7 Å². The van der Waals surface area contributed by atoms with Crippen LogP contribution in [-0.2, 0) is 16.6 Å². The molecule has 0 radical (unpaired) electrons. The van der Waals surface area contributed by atoms with E-state index < -0.39 is 17.7 Å². The fraction of sp³-hybridized carbons (Fsp3) is 0.143. The zero-order chi connectivity index (χ0) is 24.1. The molecule has 1 saturated heterocycles. The second kappa shape index (κ2) is 8.06. The van der Waals surface area contributed by atoms with Crippen molar-refractivity contribution >= 4 is 34.0 Å². The Morgan fingerprint density at radius 3 is 2.43 bits per heavy atom. The molecule has 0 saturated carbocycles. The van der Waals surface area contributed by atoms with Gasteiger partial charge in [0.15, 0.2) is 11.5 Å². The van der Waals surface area contributed by atoms with Crippen LogP contribution in [0, 0.1) is 0 Å². The number of ketones is 1. The lowest BCUT2D eigenvalue weighted by Crippen LogP contribution is -2.29. The maximum atomic E-state index is 13.4. The highest BCUT2D eigenvalue weighted by atomic mass is 16.6. The molecule has 1 atom stereocenters. The number of Topliss-reactive ketones (excluding diaryl/α,β-unsaturated/α-hetero) is 1. The van der Waals surface area contributed by atoms with Gasteiger partial charge in [-0.3, -0.25) is 14.5 Å². The normalized spacial score (nSPS) is 18.9. The number of aromatic nitrogens is 1. The number of carbonyl (C=O) groups excluding carboxylic acids is 2. The number of fused-ring (bicyclic) bond motifs is 2. The Bertz CT molecular complexity index is 1520. The van der Waals surface area contributed by atoms with Crippen LogP contribution in [0.3, 0.4) is 0 Å². The van der Waals surface area contributed by atoms with Gasteiger partial charge >= 0.3 is 0 Å². The Hall–Kier alpha value is -4.52. The van der Waals surface area contributed by atoms with Crippen molar-refractivity contribution < 1.29 is 24.2 Å². The van der Waals surface area contributed by atoms with Gasteiger partial charge in [-0.05, 0) is 36.4 Å². The Morgan fingerprint density at radius 1 is 0.914 bits per heavy atom. The zero-order valence-electron chi connectivity index (χ0n) is 19.0. The highest BCUT2D eigenvalue weighted by Crippen LogP contribution is 2.45. The van der Waals surface area contributed by atoms with E-state index in [1.54, 1.807) is 30.3 Å². The first kappa shape index (κ1) is 21.0. The van der Waals surface area contributed by atoms with Gasteiger partial charge in [0.2, 0.25) is 0 Å². The number of aliphatic hydroxyl groups is 1. The van der Waals surface area contributed by atoms with E-state index in [2.05, 4.69) is 0 Å². The molecule has 35 heavy (non-hydrogen) atoms. The molecule has 2 aliphatic heterocycles. The van der Waals surface area contributed by atoms with Crippen molar-refractivity contribution in [1.82, 2.24) is 4.57 Å². The third-order valence-corrected chi connectivity index (χ3v) is 6.52. The number of aryl methyl sites for hydroxylation is 1. The maximum absolute atomic E-state index is 13.4. The van der Waals surface area contributed by atoms with Crippen molar-refractivity contribution in [2.45, 2.75) is 6.04 Å². The molecule has 2 aliphatic rings. The Kier molecular flexibility index (Phi) is 4.84. The van der Waals surface area contributed by atoms with Crippen molar-refractivity contribution in [2.75, 3.05) is 18.1 Å². The molecule has 1 unspecified atom stereocenters. The molecule has 1 fully saturated rings.